The Morgan fingerprint density at radius 2 is 2.26 bits per heavy atom. The lowest BCUT2D eigenvalue weighted by Crippen LogP contribution is -2.44. The molecule has 3 rings (SSSR count). The fraction of sp³-hybridized carbons (Fsp3) is 0.706. The van der Waals surface area contributed by atoms with Crippen molar-refractivity contribution < 1.29 is 4.42 Å². The zero-order valence-electron chi connectivity index (χ0n) is 14.1. The number of aliphatic imine (C=N–C) groups is 1. The van der Waals surface area contributed by atoms with Crippen molar-refractivity contribution in [3.8, 4) is 0 Å². The van der Waals surface area contributed by atoms with Gasteiger partial charge in [-0.2, -0.15) is 0 Å². The van der Waals surface area contributed by atoms with Crippen LogP contribution in [0.15, 0.2) is 27.8 Å². The highest BCUT2D eigenvalue weighted by Gasteiger charge is 2.38. The molecule has 130 valence electrons. The molecular formula is C17H29IN4O. The van der Waals surface area contributed by atoms with Crippen LogP contribution in [0, 0.1) is 0 Å². The Hall–Kier alpha value is -0.760. The lowest BCUT2D eigenvalue weighted by molar-refractivity contribution is 0.256. The largest absolute Gasteiger partial charge is 0.469 e. The van der Waals surface area contributed by atoms with Gasteiger partial charge in [-0.15, -0.1) is 24.0 Å². The SMILES string of the molecule is CCNC(=NCCc1ccco1)NC1CC(C)N(C2CC2)C1.I. The summed E-state index contributed by atoms with van der Waals surface area (Å²) < 4.78 is 5.35. The molecule has 1 aliphatic carbocycles. The maximum absolute atomic E-state index is 5.35. The second-order valence-electron chi connectivity index (χ2n) is 6.44. The third kappa shape index (κ3) is 5.38. The molecule has 0 spiro atoms. The lowest BCUT2D eigenvalue weighted by atomic mass is 10.2. The normalized spacial score (nSPS) is 25.2. The molecule has 1 saturated carbocycles. The van der Waals surface area contributed by atoms with Crippen LogP contribution >= 0.6 is 24.0 Å². The number of guanidine groups is 1. The van der Waals surface area contributed by atoms with E-state index >= 15 is 0 Å². The van der Waals surface area contributed by atoms with E-state index in [4.69, 9.17) is 4.42 Å². The van der Waals surface area contributed by atoms with Crippen molar-refractivity contribution in [3.05, 3.63) is 24.2 Å². The number of hydrogen-bond donors (Lipinski definition) is 2. The summed E-state index contributed by atoms with van der Waals surface area (Å²) in [6, 6.07) is 5.98. The molecule has 1 saturated heterocycles. The average molecular weight is 432 g/mol. The van der Waals surface area contributed by atoms with E-state index < -0.39 is 0 Å². The van der Waals surface area contributed by atoms with Crippen molar-refractivity contribution in [2.75, 3.05) is 19.6 Å². The van der Waals surface area contributed by atoms with Crippen molar-refractivity contribution >= 4 is 29.9 Å². The first-order valence-corrected chi connectivity index (χ1v) is 8.59. The molecule has 2 aliphatic rings. The van der Waals surface area contributed by atoms with Crippen molar-refractivity contribution in [2.45, 2.75) is 57.7 Å². The zero-order chi connectivity index (χ0) is 15.4. The summed E-state index contributed by atoms with van der Waals surface area (Å²) in [5, 5.41) is 6.96. The molecule has 6 heteroatoms. The van der Waals surface area contributed by atoms with Crippen LogP contribution in [-0.2, 0) is 6.42 Å². The van der Waals surface area contributed by atoms with Gasteiger partial charge in [-0.05, 0) is 45.2 Å². The highest BCUT2D eigenvalue weighted by atomic mass is 127. The molecule has 0 radical (unpaired) electrons. The molecule has 2 N–H and O–H groups in total. The Kier molecular flexibility index (Phi) is 7.20. The van der Waals surface area contributed by atoms with E-state index in [1.165, 1.54) is 19.3 Å². The highest BCUT2D eigenvalue weighted by Crippen LogP contribution is 2.33. The van der Waals surface area contributed by atoms with Crippen LogP contribution < -0.4 is 10.6 Å². The van der Waals surface area contributed by atoms with Crippen molar-refractivity contribution in [3.63, 3.8) is 0 Å². The van der Waals surface area contributed by atoms with Gasteiger partial charge >= 0.3 is 0 Å². The molecule has 0 bridgehead atoms. The van der Waals surface area contributed by atoms with Crippen molar-refractivity contribution in [1.29, 1.82) is 0 Å². The Bertz CT molecular complexity index is 487. The zero-order valence-corrected chi connectivity index (χ0v) is 16.5. The summed E-state index contributed by atoms with van der Waals surface area (Å²) in [7, 11) is 0. The lowest BCUT2D eigenvalue weighted by Gasteiger charge is -2.20. The van der Waals surface area contributed by atoms with Gasteiger partial charge in [-0.1, -0.05) is 0 Å². The van der Waals surface area contributed by atoms with E-state index in [1.807, 2.05) is 12.1 Å². The number of nitrogens with zero attached hydrogens (tertiary/aromatic N) is 2. The molecule has 2 heterocycles. The third-order valence-electron chi connectivity index (χ3n) is 4.53. The predicted octanol–water partition coefficient (Wildman–Crippen LogP) is 2.62. The molecule has 2 atom stereocenters. The summed E-state index contributed by atoms with van der Waals surface area (Å²) in [5.41, 5.74) is 0. The van der Waals surface area contributed by atoms with Crippen LogP contribution in [0.25, 0.3) is 0 Å². The van der Waals surface area contributed by atoms with Crippen LogP contribution in [0.1, 0.15) is 38.9 Å². The molecule has 1 aliphatic heterocycles. The highest BCUT2D eigenvalue weighted by molar-refractivity contribution is 14.0. The van der Waals surface area contributed by atoms with Crippen LogP contribution in [0.3, 0.4) is 0 Å². The maximum Gasteiger partial charge on any atom is 0.191 e. The maximum atomic E-state index is 5.35. The number of hydrogen-bond acceptors (Lipinski definition) is 3. The molecule has 5 nitrogen and oxygen atoms in total. The van der Waals surface area contributed by atoms with Gasteiger partial charge in [0.2, 0.25) is 0 Å². The molecular weight excluding hydrogens is 403 g/mol. The van der Waals surface area contributed by atoms with Gasteiger partial charge in [0.1, 0.15) is 5.76 Å². The van der Waals surface area contributed by atoms with Gasteiger partial charge in [0.25, 0.3) is 0 Å². The van der Waals surface area contributed by atoms with E-state index in [1.54, 1.807) is 6.26 Å². The Morgan fingerprint density at radius 1 is 1.43 bits per heavy atom. The van der Waals surface area contributed by atoms with E-state index in [9.17, 15) is 0 Å². The number of halogens is 1. The molecule has 1 aromatic rings. The smallest absolute Gasteiger partial charge is 0.191 e. The van der Waals surface area contributed by atoms with Gasteiger partial charge in [0.05, 0.1) is 6.26 Å². The molecule has 0 amide bonds. The fourth-order valence-corrected chi connectivity index (χ4v) is 3.32. The molecule has 2 fully saturated rings. The first-order valence-electron chi connectivity index (χ1n) is 8.59. The topological polar surface area (TPSA) is 52.8 Å². The van der Waals surface area contributed by atoms with Crippen LogP contribution in [0.4, 0.5) is 0 Å². The molecule has 23 heavy (non-hydrogen) atoms. The van der Waals surface area contributed by atoms with E-state index in [-0.39, 0.29) is 24.0 Å². The number of likely N-dealkylation sites (tertiary alicyclic amines) is 1. The first-order chi connectivity index (χ1) is 10.8. The standard InChI is InChI=1S/C17H28N4O.HI/c1-3-18-17(19-9-8-16-5-4-10-22-16)20-14-11-13(2)21(12-14)15-6-7-15;/h4-5,10,13-15H,3,6-9,11-12H2,1-2H3,(H2,18,19,20);1H. The first kappa shape index (κ1) is 18.6. The Labute approximate surface area is 156 Å². The second kappa shape index (κ2) is 8.92. The van der Waals surface area contributed by atoms with Gasteiger partial charge in [0, 0.05) is 44.2 Å². The number of nitrogens with one attached hydrogen (secondary N) is 2. The fourth-order valence-electron chi connectivity index (χ4n) is 3.32. The van der Waals surface area contributed by atoms with E-state index in [2.05, 4.69) is 34.4 Å². The summed E-state index contributed by atoms with van der Waals surface area (Å²) >= 11 is 0. The minimum Gasteiger partial charge on any atom is -0.469 e. The average Bonchev–Trinajstić information content (AvgIpc) is 3.08. The monoisotopic (exact) mass is 432 g/mol. The summed E-state index contributed by atoms with van der Waals surface area (Å²) in [4.78, 5) is 7.34. The van der Waals surface area contributed by atoms with Gasteiger partial charge in [0.15, 0.2) is 5.96 Å². The Morgan fingerprint density at radius 3 is 2.91 bits per heavy atom. The minimum atomic E-state index is 0. The summed E-state index contributed by atoms with van der Waals surface area (Å²) in [5.74, 6) is 1.93. The number of furan rings is 1. The van der Waals surface area contributed by atoms with Gasteiger partial charge in [-0.25, -0.2) is 0 Å². The second-order valence-corrected chi connectivity index (χ2v) is 6.44. The van der Waals surface area contributed by atoms with Crippen LogP contribution in [0.2, 0.25) is 0 Å². The van der Waals surface area contributed by atoms with Crippen LogP contribution in [-0.4, -0.2) is 48.6 Å². The van der Waals surface area contributed by atoms with Gasteiger partial charge < -0.3 is 15.1 Å². The van der Waals surface area contributed by atoms with Crippen molar-refractivity contribution in [1.82, 2.24) is 15.5 Å². The van der Waals surface area contributed by atoms with Gasteiger partial charge in [-0.3, -0.25) is 9.89 Å². The van der Waals surface area contributed by atoms with Crippen molar-refractivity contribution in [2.24, 2.45) is 4.99 Å². The van der Waals surface area contributed by atoms with Crippen LogP contribution in [0.5, 0.6) is 0 Å². The summed E-state index contributed by atoms with van der Waals surface area (Å²) in [6.07, 6.45) is 6.54. The third-order valence-corrected chi connectivity index (χ3v) is 4.53. The molecule has 0 aromatic carbocycles. The number of rotatable bonds is 6. The van der Waals surface area contributed by atoms with E-state index in [0.29, 0.717) is 12.1 Å². The predicted molar refractivity (Wildman–Crippen MR) is 105 cm³/mol. The summed E-state index contributed by atoms with van der Waals surface area (Å²) in [6.45, 7) is 7.24. The minimum absolute atomic E-state index is 0. The molecule has 2 unspecified atom stereocenters. The van der Waals surface area contributed by atoms with E-state index in [0.717, 1.165) is 43.8 Å². The quantitative estimate of drug-likeness (QED) is 0.412. The Balaban J connectivity index is 0.00000192. The molecule has 1 aromatic heterocycles.